The Morgan fingerprint density at radius 3 is 2.34 bits per heavy atom. The third-order valence-electron chi connectivity index (χ3n) is 4.31. The predicted molar refractivity (Wildman–Crippen MR) is 117 cm³/mol. The predicted octanol–water partition coefficient (Wildman–Crippen LogP) is 5.77. The lowest BCUT2D eigenvalue weighted by molar-refractivity contribution is 0.103. The molecule has 0 atom stereocenters. The number of hydrogen-bond donors (Lipinski definition) is 1. The number of carbonyl (C=O) groups excluding carboxylic acids is 1. The number of benzene rings is 2. The van der Waals surface area contributed by atoms with E-state index in [9.17, 15) is 4.79 Å². The molecule has 0 bridgehead atoms. The summed E-state index contributed by atoms with van der Waals surface area (Å²) in [6, 6.07) is 15.3. The largest absolute Gasteiger partial charge is 0.494 e. The summed E-state index contributed by atoms with van der Waals surface area (Å²) in [5.41, 5.74) is 2.61. The summed E-state index contributed by atoms with van der Waals surface area (Å²) in [7, 11) is 0. The van der Waals surface area contributed by atoms with Gasteiger partial charge in [-0.25, -0.2) is 4.98 Å². The van der Waals surface area contributed by atoms with E-state index in [0.717, 1.165) is 35.0 Å². The Labute approximate surface area is 175 Å². The maximum absolute atomic E-state index is 12.6. The van der Waals surface area contributed by atoms with Crippen LogP contribution in [0.25, 0.3) is 0 Å². The standard InChI is InChI=1S/C23H26N2O3S/c1-4-5-14-27-19-12-8-18(9-13-19)25-23(26)22-17(3)24-21(29-22)15-28-20-10-6-16(2)7-11-20/h6-13H,4-5,14-15H2,1-3H3,(H,25,26). The summed E-state index contributed by atoms with van der Waals surface area (Å²) >= 11 is 1.35. The van der Waals surface area contributed by atoms with E-state index in [-0.39, 0.29) is 5.91 Å². The lowest BCUT2D eigenvalue weighted by Gasteiger charge is -2.07. The average molecular weight is 411 g/mol. The lowest BCUT2D eigenvalue weighted by Crippen LogP contribution is -2.11. The van der Waals surface area contributed by atoms with Gasteiger partial charge in [-0.3, -0.25) is 4.79 Å². The van der Waals surface area contributed by atoms with Crippen molar-refractivity contribution in [1.29, 1.82) is 0 Å². The molecule has 152 valence electrons. The van der Waals surface area contributed by atoms with Crippen LogP contribution in [0.2, 0.25) is 0 Å². The number of rotatable bonds is 9. The molecule has 3 rings (SSSR count). The maximum atomic E-state index is 12.6. The minimum absolute atomic E-state index is 0.166. The fraction of sp³-hybridized carbons (Fsp3) is 0.304. The third-order valence-corrected chi connectivity index (χ3v) is 5.44. The number of carbonyl (C=O) groups is 1. The van der Waals surface area contributed by atoms with Gasteiger partial charge >= 0.3 is 0 Å². The Balaban J connectivity index is 1.57. The van der Waals surface area contributed by atoms with Gasteiger partial charge in [0.2, 0.25) is 0 Å². The van der Waals surface area contributed by atoms with Crippen molar-refractivity contribution in [2.45, 2.75) is 40.2 Å². The SMILES string of the molecule is CCCCOc1ccc(NC(=O)c2sc(COc3ccc(C)cc3)nc2C)cc1. The van der Waals surface area contributed by atoms with Gasteiger partial charge in [0.25, 0.3) is 5.91 Å². The fourth-order valence-corrected chi connectivity index (χ4v) is 3.53. The average Bonchev–Trinajstić information content (AvgIpc) is 3.10. The minimum Gasteiger partial charge on any atom is -0.494 e. The second-order valence-electron chi connectivity index (χ2n) is 6.80. The van der Waals surface area contributed by atoms with E-state index in [1.807, 2.05) is 62.4 Å². The molecular weight excluding hydrogens is 384 g/mol. The number of nitrogens with one attached hydrogen (secondary N) is 1. The third kappa shape index (κ3) is 6.06. The Hall–Kier alpha value is -2.86. The highest BCUT2D eigenvalue weighted by molar-refractivity contribution is 7.13. The summed E-state index contributed by atoms with van der Waals surface area (Å²) in [5, 5.41) is 3.69. The number of thiazole rings is 1. The molecule has 0 saturated carbocycles. The highest BCUT2D eigenvalue weighted by Crippen LogP contribution is 2.23. The van der Waals surface area contributed by atoms with Crippen molar-refractivity contribution >= 4 is 22.9 Å². The van der Waals surface area contributed by atoms with Crippen LogP contribution in [0.15, 0.2) is 48.5 Å². The molecule has 29 heavy (non-hydrogen) atoms. The van der Waals surface area contributed by atoms with Gasteiger partial charge < -0.3 is 14.8 Å². The molecule has 0 aliphatic heterocycles. The molecule has 1 heterocycles. The van der Waals surface area contributed by atoms with E-state index >= 15 is 0 Å². The maximum Gasteiger partial charge on any atom is 0.267 e. The van der Waals surface area contributed by atoms with Crippen molar-refractivity contribution in [2.24, 2.45) is 0 Å². The normalized spacial score (nSPS) is 10.6. The molecule has 0 aliphatic carbocycles. The van der Waals surface area contributed by atoms with Crippen LogP contribution in [0.5, 0.6) is 11.5 Å². The molecule has 0 radical (unpaired) electrons. The molecule has 2 aromatic carbocycles. The summed E-state index contributed by atoms with van der Waals surface area (Å²) in [4.78, 5) is 17.7. The topological polar surface area (TPSA) is 60.5 Å². The van der Waals surface area contributed by atoms with E-state index in [1.165, 1.54) is 16.9 Å². The monoisotopic (exact) mass is 410 g/mol. The summed E-state index contributed by atoms with van der Waals surface area (Å²) in [6.07, 6.45) is 2.12. The highest BCUT2D eigenvalue weighted by atomic mass is 32.1. The first-order chi connectivity index (χ1) is 14.0. The molecule has 1 amide bonds. The number of amides is 1. The molecule has 5 nitrogen and oxygen atoms in total. The number of hydrogen-bond acceptors (Lipinski definition) is 5. The van der Waals surface area contributed by atoms with Crippen LogP contribution in [0.4, 0.5) is 5.69 Å². The molecule has 6 heteroatoms. The zero-order valence-electron chi connectivity index (χ0n) is 17.0. The lowest BCUT2D eigenvalue weighted by atomic mass is 10.2. The molecule has 0 aliphatic rings. The zero-order valence-corrected chi connectivity index (χ0v) is 17.8. The van der Waals surface area contributed by atoms with E-state index in [1.54, 1.807) is 0 Å². The zero-order chi connectivity index (χ0) is 20.6. The van der Waals surface area contributed by atoms with Gasteiger partial charge in [0, 0.05) is 5.69 Å². The Bertz CT molecular complexity index is 934. The Kier molecular flexibility index (Phi) is 7.25. The summed E-state index contributed by atoms with van der Waals surface area (Å²) in [5.74, 6) is 1.43. The number of ether oxygens (including phenoxy) is 2. The fourth-order valence-electron chi connectivity index (χ4n) is 2.66. The van der Waals surface area contributed by atoms with Gasteiger partial charge in [-0.2, -0.15) is 0 Å². The quantitative estimate of drug-likeness (QED) is 0.455. The Morgan fingerprint density at radius 1 is 1.00 bits per heavy atom. The van der Waals surface area contributed by atoms with Gasteiger partial charge in [-0.1, -0.05) is 31.0 Å². The van der Waals surface area contributed by atoms with Gasteiger partial charge in [0.15, 0.2) is 0 Å². The van der Waals surface area contributed by atoms with Crippen LogP contribution in [0.3, 0.4) is 0 Å². The highest BCUT2D eigenvalue weighted by Gasteiger charge is 2.16. The van der Waals surface area contributed by atoms with Gasteiger partial charge in [0.05, 0.1) is 12.3 Å². The van der Waals surface area contributed by atoms with Gasteiger partial charge in [0.1, 0.15) is 28.0 Å². The van der Waals surface area contributed by atoms with Crippen LogP contribution in [0, 0.1) is 13.8 Å². The first-order valence-corrected chi connectivity index (χ1v) is 10.6. The van der Waals surface area contributed by atoms with Gasteiger partial charge in [-0.05, 0) is 56.7 Å². The molecule has 1 aromatic heterocycles. The van der Waals surface area contributed by atoms with Crippen LogP contribution in [-0.4, -0.2) is 17.5 Å². The number of unbranched alkanes of at least 4 members (excludes halogenated alkanes) is 1. The van der Waals surface area contributed by atoms with Crippen LogP contribution in [0.1, 0.15) is 45.7 Å². The minimum atomic E-state index is -0.166. The molecule has 0 saturated heterocycles. The van der Waals surface area contributed by atoms with Crippen LogP contribution < -0.4 is 14.8 Å². The summed E-state index contributed by atoms with van der Waals surface area (Å²) < 4.78 is 11.4. The first-order valence-electron chi connectivity index (χ1n) is 9.75. The number of aryl methyl sites for hydroxylation is 2. The van der Waals surface area contributed by atoms with Crippen molar-refractivity contribution in [3.63, 3.8) is 0 Å². The number of anilines is 1. The second-order valence-corrected chi connectivity index (χ2v) is 7.89. The first kappa shape index (κ1) is 20.9. The van der Waals surface area contributed by atoms with Crippen molar-refractivity contribution in [2.75, 3.05) is 11.9 Å². The van der Waals surface area contributed by atoms with Crippen molar-refractivity contribution in [3.05, 3.63) is 69.7 Å². The molecule has 3 aromatic rings. The van der Waals surface area contributed by atoms with Crippen LogP contribution >= 0.6 is 11.3 Å². The van der Waals surface area contributed by atoms with E-state index < -0.39 is 0 Å². The van der Waals surface area contributed by atoms with Crippen molar-refractivity contribution in [3.8, 4) is 11.5 Å². The molecule has 0 fully saturated rings. The smallest absolute Gasteiger partial charge is 0.267 e. The Morgan fingerprint density at radius 2 is 1.66 bits per heavy atom. The number of nitrogens with zero attached hydrogens (tertiary/aromatic N) is 1. The van der Waals surface area contributed by atoms with E-state index in [0.29, 0.717) is 23.8 Å². The van der Waals surface area contributed by atoms with Crippen LogP contribution in [-0.2, 0) is 6.61 Å². The van der Waals surface area contributed by atoms with E-state index in [2.05, 4.69) is 17.2 Å². The van der Waals surface area contributed by atoms with Crippen molar-refractivity contribution < 1.29 is 14.3 Å². The summed E-state index contributed by atoms with van der Waals surface area (Å²) in [6.45, 7) is 7.04. The van der Waals surface area contributed by atoms with Crippen molar-refractivity contribution in [1.82, 2.24) is 4.98 Å². The molecule has 0 unspecified atom stereocenters. The van der Waals surface area contributed by atoms with E-state index in [4.69, 9.17) is 9.47 Å². The number of aromatic nitrogens is 1. The van der Waals surface area contributed by atoms with Gasteiger partial charge in [-0.15, -0.1) is 11.3 Å². The molecular formula is C23H26N2O3S. The second kappa shape index (κ2) is 10.1. The molecule has 1 N–H and O–H groups in total. The molecule has 0 spiro atoms.